The third-order valence-corrected chi connectivity index (χ3v) is 3.54. The van der Waals surface area contributed by atoms with Crippen molar-refractivity contribution in [1.82, 2.24) is 5.32 Å². The summed E-state index contributed by atoms with van der Waals surface area (Å²) in [7, 11) is 0. The Morgan fingerprint density at radius 3 is 2.60 bits per heavy atom. The van der Waals surface area contributed by atoms with Gasteiger partial charge in [-0.3, -0.25) is 0 Å². The Morgan fingerprint density at radius 1 is 1.40 bits per heavy atom. The van der Waals surface area contributed by atoms with Gasteiger partial charge < -0.3 is 15.2 Å². The molecule has 1 aliphatic rings. The molecule has 0 aromatic heterocycles. The van der Waals surface area contributed by atoms with E-state index in [4.69, 9.17) is 4.74 Å². The SMILES string of the molecule is CCC(C)C(CO)NCC1CCOCC1. The topological polar surface area (TPSA) is 41.5 Å². The first-order valence-electron chi connectivity index (χ1n) is 6.19. The lowest BCUT2D eigenvalue weighted by molar-refractivity contribution is 0.0634. The van der Waals surface area contributed by atoms with Gasteiger partial charge in [0.2, 0.25) is 0 Å². The standard InChI is InChI=1S/C12H25NO2/c1-3-10(2)12(9-14)13-8-11-4-6-15-7-5-11/h10-14H,3-9H2,1-2H3. The van der Waals surface area contributed by atoms with E-state index < -0.39 is 0 Å². The van der Waals surface area contributed by atoms with Gasteiger partial charge >= 0.3 is 0 Å². The van der Waals surface area contributed by atoms with Crippen molar-refractivity contribution in [3.63, 3.8) is 0 Å². The van der Waals surface area contributed by atoms with Crippen LogP contribution in [-0.2, 0) is 4.74 Å². The average Bonchev–Trinajstić information content (AvgIpc) is 2.31. The molecule has 0 spiro atoms. The lowest BCUT2D eigenvalue weighted by Gasteiger charge is -2.27. The molecule has 1 heterocycles. The fraction of sp³-hybridized carbons (Fsp3) is 1.00. The van der Waals surface area contributed by atoms with Gasteiger partial charge in [-0.05, 0) is 31.2 Å². The molecule has 0 radical (unpaired) electrons. The predicted molar refractivity (Wildman–Crippen MR) is 61.9 cm³/mol. The van der Waals surface area contributed by atoms with Crippen LogP contribution in [0.4, 0.5) is 0 Å². The summed E-state index contributed by atoms with van der Waals surface area (Å²) < 4.78 is 5.32. The molecule has 0 aromatic rings. The van der Waals surface area contributed by atoms with E-state index in [1.807, 2.05) is 0 Å². The maximum absolute atomic E-state index is 9.27. The van der Waals surface area contributed by atoms with Crippen molar-refractivity contribution in [2.45, 2.75) is 39.2 Å². The fourth-order valence-corrected chi connectivity index (χ4v) is 2.00. The molecule has 1 saturated heterocycles. The van der Waals surface area contributed by atoms with Crippen LogP contribution in [0.25, 0.3) is 0 Å². The van der Waals surface area contributed by atoms with Crippen LogP contribution in [0.5, 0.6) is 0 Å². The minimum atomic E-state index is 0.248. The van der Waals surface area contributed by atoms with E-state index in [-0.39, 0.29) is 12.6 Å². The Balaban J connectivity index is 2.20. The molecule has 3 nitrogen and oxygen atoms in total. The Kier molecular flexibility index (Phi) is 6.22. The molecule has 3 heteroatoms. The number of aliphatic hydroxyl groups is 1. The van der Waals surface area contributed by atoms with Crippen LogP contribution >= 0.6 is 0 Å². The highest BCUT2D eigenvalue weighted by Gasteiger charge is 2.18. The lowest BCUT2D eigenvalue weighted by Crippen LogP contribution is -2.41. The molecular formula is C12H25NO2. The Hall–Kier alpha value is -0.120. The van der Waals surface area contributed by atoms with Gasteiger partial charge in [0.25, 0.3) is 0 Å². The van der Waals surface area contributed by atoms with Crippen LogP contribution in [0, 0.1) is 11.8 Å². The van der Waals surface area contributed by atoms with Crippen molar-refractivity contribution in [2.75, 3.05) is 26.4 Å². The number of ether oxygens (including phenoxy) is 1. The fourth-order valence-electron chi connectivity index (χ4n) is 2.00. The van der Waals surface area contributed by atoms with E-state index in [1.165, 1.54) is 0 Å². The maximum atomic E-state index is 9.27. The van der Waals surface area contributed by atoms with Gasteiger partial charge in [0.1, 0.15) is 0 Å². The predicted octanol–water partition coefficient (Wildman–Crippen LogP) is 1.41. The van der Waals surface area contributed by atoms with Gasteiger partial charge in [-0.15, -0.1) is 0 Å². The third kappa shape index (κ3) is 4.49. The smallest absolute Gasteiger partial charge is 0.0587 e. The zero-order valence-corrected chi connectivity index (χ0v) is 10.0. The molecule has 1 fully saturated rings. The summed E-state index contributed by atoms with van der Waals surface area (Å²) in [5.74, 6) is 1.28. The Bertz CT molecular complexity index is 158. The summed E-state index contributed by atoms with van der Waals surface area (Å²) in [5.41, 5.74) is 0. The first kappa shape index (κ1) is 12.9. The second kappa shape index (κ2) is 7.20. The van der Waals surface area contributed by atoms with Gasteiger partial charge in [-0.25, -0.2) is 0 Å². The van der Waals surface area contributed by atoms with Gasteiger partial charge in [0.05, 0.1) is 6.61 Å². The van der Waals surface area contributed by atoms with Crippen LogP contribution in [0.15, 0.2) is 0 Å². The molecule has 2 atom stereocenters. The molecule has 90 valence electrons. The van der Waals surface area contributed by atoms with Crippen LogP contribution in [-0.4, -0.2) is 37.5 Å². The summed E-state index contributed by atoms with van der Waals surface area (Å²) in [4.78, 5) is 0. The molecule has 0 amide bonds. The lowest BCUT2D eigenvalue weighted by atomic mass is 9.96. The van der Waals surface area contributed by atoms with E-state index >= 15 is 0 Å². The highest BCUT2D eigenvalue weighted by Crippen LogP contribution is 2.14. The monoisotopic (exact) mass is 215 g/mol. The largest absolute Gasteiger partial charge is 0.395 e. The number of nitrogens with one attached hydrogen (secondary N) is 1. The molecule has 2 unspecified atom stereocenters. The molecule has 0 aliphatic carbocycles. The number of hydrogen-bond donors (Lipinski definition) is 2. The summed E-state index contributed by atoms with van der Waals surface area (Å²) in [6.45, 7) is 7.44. The molecule has 1 aliphatic heterocycles. The molecule has 15 heavy (non-hydrogen) atoms. The molecule has 1 rings (SSSR count). The van der Waals surface area contributed by atoms with Gasteiger partial charge in [0, 0.05) is 19.3 Å². The number of hydrogen-bond acceptors (Lipinski definition) is 3. The van der Waals surface area contributed by atoms with Gasteiger partial charge in [-0.1, -0.05) is 20.3 Å². The minimum absolute atomic E-state index is 0.248. The first-order valence-corrected chi connectivity index (χ1v) is 6.19. The van der Waals surface area contributed by atoms with E-state index in [2.05, 4.69) is 19.2 Å². The van der Waals surface area contributed by atoms with Crippen molar-refractivity contribution in [3.05, 3.63) is 0 Å². The molecule has 2 N–H and O–H groups in total. The van der Waals surface area contributed by atoms with E-state index in [1.54, 1.807) is 0 Å². The normalized spacial score (nSPS) is 22.6. The summed E-state index contributed by atoms with van der Waals surface area (Å²) in [6, 6.07) is 0.262. The van der Waals surface area contributed by atoms with Crippen LogP contribution in [0.2, 0.25) is 0 Å². The van der Waals surface area contributed by atoms with Crippen LogP contribution < -0.4 is 5.32 Å². The van der Waals surface area contributed by atoms with Crippen molar-refractivity contribution in [3.8, 4) is 0 Å². The van der Waals surface area contributed by atoms with Crippen molar-refractivity contribution in [1.29, 1.82) is 0 Å². The van der Waals surface area contributed by atoms with E-state index in [0.29, 0.717) is 5.92 Å². The summed E-state index contributed by atoms with van der Waals surface area (Å²) >= 11 is 0. The van der Waals surface area contributed by atoms with Crippen LogP contribution in [0.3, 0.4) is 0 Å². The van der Waals surface area contributed by atoms with Gasteiger partial charge in [0.15, 0.2) is 0 Å². The maximum Gasteiger partial charge on any atom is 0.0587 e. The molecule has 0 bridgehead atoms. The molecular weight excluding hydrogens is 190 g/mol. The second-order valence-electron chi connectivity index (χ2n) is 4.64. The van der Waals surface area contributed by atoms with E-state index in [9.17, 15) is 5.11 Å². The number of rotatable bonds is 6. The zero-order valence-electron chi connectivity index (χ0n) is 10.0. The number of aliphatic hydroxyl groups excluding tert-OH is 1. The minimum Gasteiger partial charge on any atom is -0.395 e. The van der Waals surface area contributed by atoms with E-state index in [0.717, 1.165) is 44.9 Å². The van der Waals surface area contributed by atoms with Crippen molar-refractivity contribution >= 4 is 0 Å². The summed E-state index contributed by atoms with van der Waals surface area (Å²) in [6.07, 6.45) is 3.43. The van der Waals surface area contributed by atoms with Crippen LogP contribution in [0.1, 0.15) is 33.1 Å². The quantitative estimate of drug-likeness (QED) is 0.704. The average molecular weight is 215 g/mol. The third-order valence-electron chi connectivity index (χ3n) is 3.54. The highest BCUT2D eigenvalue weighted by molar-refractivity contribution is 4.74. The highest BCUT2D eigenvalue weighted by atomic mass is 16.5. The molecule has 0 saturated carbocycles. The van der Waals surface area contributed by atoms with Crippen molar-refractivity contribution < 1.29 is 9.84 Å². The molecule has 0 aromatic carbocycles. The first-order chi connectivity index (χ1) is 7.27. The second-order valence-corrected chi connectivity index (χ2v) is 4.64. The summed E-state index contributed by atoms with van der Waals surface area (Å²) in [5, 5.41) is 12.8. The van der Waals surface area contributed by atoms with Crippen molar-refractivity contribution in [2.24, 2.45) is 11.8 Å². The Morgan fingerprint density at radius 2 is 2.07 bits per heavy atom. The zero-order chi connectivity index (χ0) is 11.1. The Labute approximate surface area is 93.2 Å². The van der Waals surface area contributed by atoms with Gasteiger partial charge in [-0.2, -0.15) is 0 Å².